The molecule has 0 amide bonds. The fraction of sp³-hybridized carbons (Fsp3) is 0.625. The van der Waals surface area contributed by atoms with Crippen LogP contribution in [0.3, 0.4) is 0 Å². The van der Waals surface area contributed by atoms with Gasteiger partial charge in [0.1, 0.15) is 0 Å². The van der Waals surface area contributed by atoms with Gasteiger partial charge in [0.2, 0.25) is 0 Å². The van der Waals surface area contributed by atoms with Crippen LogP contribution in [0.25, 0.3) is 0 Å². The van der Waals surface area contributed by atoms with Gasteiger partial charge in [0.05, 0.1) is 0 Å². The minimum absolute atomic E-state index is 0. The Hall–Kier alpha value is -0.296. The fourth-order valence-electron chi connectivity index (χ4n) is 0.696. The van der Waals surface area contributed by atoms with Gasteiger partial charge in [-0.05, 0) is 12.8 Å². The smallest absolute Gasteiger partial charge is 0.327 e. The second-order valence-electron chi connectivity index (χ2n) is 2.24. The molecule has 0 aromatic rings. The number of allylic oxidation sites excluding steroid dienone is 1. The van der Waals surface area contributed by atoms with E-state index in [9.17, 15) is 4.79 Å². The molecule has 0 atom stereocenters. The Bertz CT molecular complexity index is 121. The number of unbranched alkanes of at least 4 members (excludes halogenated alkanes) is 3. The number of rotatable bonds is 5. The van der Waals surface area contributed by atoms with Crippen molar-refractivity contribution in [2.24, 2.45) is 0 Å². The van der Waals surface area contributed by atoms with Crippen molar-refractivity contribution in [3.8, 4) is 0 Å². The number of carboxylic acid groups (broad SMARTS) is 1. The molecule has 0 aromatic heterocycles. The van der Waals surface area contributed by atoms with E-state index in [1.807, 2.05) is 0 Å². The van der Waals surface area contributed by atoms with Crippen molar-refractivity contribution in [2.45, 2.75) is 32.6 Å². The molecule has 68 valence electrons. The zero-order valence-corrected chi connectivity index (χ0v) is 7.64. The number of carboxylic acids is 1. The van der Waals surface area contributed by atoms with Crippen molar-refractivity contribution in [1.29, 1.82) is 0 Å². The molecule has 3 heteroatoms. The van der Waals surface area contributed by atoms with Crippen LogP contribution >= 0.6 is 0 Å². The van der Waals surface area contributed by atoms with E-state index in [4.69, 9.17) is 5.11 Å². The van der Waals surface area contributed by atoms with Crippen LogP contribution in [0.15, 0.2) is 12.2 Å². The molecule has 1 N–H and O–H groups in total. The van der Waals surface area contributed by atoms with Crippen molar-refractivity contribution >= 4 is 5.97 Å². The molecule has 0 saturated heterocycles. The van der Waals surface area contributed by atoms with Crippen LogP contribution in [0.5, 0.6) is 0 Å². The molecule has 0 aromatic carbocycles. The summed E-state index contributed by atoms with van der Waals surface area (Å²) < 4.78 is 0. The fourth-order valence-corrected chi connectivity index (χ4v) is 0.696. The molecule has 0 rings (SSSR count). The molecule has 0 fully saturated rings. The van der Waals surface area contributed by atoms with Gasteiger partial charge < -0.3 is 5.11 Å². The summed E-state index contributed by atoms with van der Waals surface area (Å²) in [6, 6.07) is 0. The summed E-state index contributed by atoms with van der Waals surface area (Å²) in [6.45, 7) is 2.13. The maximum absolute atomic E-state index is 9.95. The van der Waals surface area contributed by atoms with Crippen LogP contribution in [-0.4, -0.2) is 11.1 Å². The zero-order valence-electron chi connectivity index (χ0n) is 6.65. The van der Waals surface area contributed by atoms with E-state index in [1.165, 1.54) is 18.9 Å². The quantitative estimate of drug-likeness (QED) is 0.420. The van der Waals surface area contributed by atoms with Crippen LogP contribution in [0.4, 0.5) is 0 Å². The van der Waals surface area contributed by atoms with E-state index in [1.54, 1.807) is 6.08 Å². The Balaban J connectivity index is 0. The first-order chi connectivity index (χ1) is 4.77. The van der Waals surface area contributed by atoms with Gasteiger partial charge in [-0.15, -0.1) is 0 Å². The first kappa shape index (κ1) is 13.3. The molecular weight excluding hydrogens is 187 g/mol. The third-order valence-corrected chi connectivity index (χ3v) is 1.23. The molecule has 2 nitrogen and oxygen atoms in total. The number of hydrogen-bond donors (Lipinski definition) is 1. The van der Waals surface area contributed by atoms with Crippen LogP contribution in [0, 0.1) is 0 Å². The zero-order chi connectivity index (χ0) is 7.82. The van der Waals surface area contributed by atoms with Gasteiger partial charge >= 0.3 is 5.97 Å². The van der Waals surface area contributed by atoms with E-state index in [0.717, 1.165) is 12.8 Å². The van der Waals surface area contributed by atoms with E-state index < -0.39 is 5.97 Å². The molecule has 0 heterocycles. The van der Waals surface area contributed by atoms with Crippen LogP contribution < -0.4 is 0 Å². The Kier molecular flexibility index (Phi) is 11.7. The van der Waals surface area contributed by atoms with Gasteiger partial charge in [0.25, 0.3) is 0 Å². The molecule has 0 spiro atoms. The van der Waals surface area contributed by atoms with E-state index in [0.29, 0.717) is 0 Å². The Morgan fingerprint density at radius 3 is 2.55 bits per heavy atom. The van der Waals surface area contributed by atoms with Crippen molar-refractivity contribution in [1.82, 2.24) is 0 Å². The first-order valence-electron chi connectivity index (χ1n) is 3.67. The van der Waals surface area contributed by atoms with Crippen molar-refractivity contribution in [3.63, 3.8) is 0 Å². The Labute approximate surface area is 77.6 Å². The molecular formula is C8H14NiO2. The minimum atomic E-state index is -0.850. The molecule has 0 radical (unpaired) electrons. The third-order valence-electron chi connectivity index (χ3n) is 1.23. The SMILES string of the molecule is CCCCC/C=C/C(=O)O.[Ni]. The van der Waals surface area contributed by atoms with Gasteiger partial charge in [-0.2, -0.15) is 0 Å². The Morgan fingerprint density at radius 2 is 2.09 bits per heavy atom. The van der Waals surface area contributed by atoms with Gasteiger partial charge in [0.15, 0.2) is 0 Å². The second-order valence-corrected chi connectivity index (χ2v) is 2.24. The number of carbonyl (C=O) groups is 1. The predicted molar refractivity (Wildman–Crippen MR) is 40.9 cm³/mol. The third kappa shape index (κ3) is 12.8. The standard InChI is InChI=1S/C8H14O2.Ni/c1-2-3-4-5-6-7-8(9)10;/h6-7H,2-5H2,1H3,(H,9,10);/b7-6+;. The van der Waals surface area contributed by atoms with Crippen molar-refractivity contribution in [2.75, 3.05) is 0 Å². The largest absolute Gasteiger partial charge is 0.478 e. The van der Waals surface area contributed by atoms with E-state index >= 15 is 0 Å². The van der Waals surface area contributed by atoms with Crippen molar-refractivity contribution in [3.05, 3.63) is 12.2 Å². The summed E-state index contributed by atoms with van der Waals surface area (Å²) in [5.41, 5.74) is 0. The predicted octanol–water partition coefficient (Wildman–Crippen LogP) is 2.20. The monoisotopic (exact) mass is 200 g/mol. The normalized spacial score (nSPS) is 9.55. The summed E-state index contributed by atoms with van der Waals surface area (Å²) in [5.74, 6) is -0.850. The van der Waals surface area contributed by atoms with E-state index in [2.05, 4.69) is 6.92 Å². The summed E-state index contributed by atoms with van der Waals surface area (Å²) in [7, 11) is 0. The van der Waals surface area contributed by atoms with Crippen LogP contribution in [-0.2, 0) is 21.3 Å². The molecule has 0 saturated carbocycles. The minimum Gasteiger partial charge on any atom is -0.478 e. The number of aliphatic carboxylic acids is 1. The number of hydrogen-bond acceptors (Lipinski definition) is 1. The molecule has 0 aliphatic heterocycles. The van der Waals surface area contributed by atoms with Gasteiger partial charge in [-0.3, -0.25) is 0 Å². The average Bonchev–Trinajstić information content (AvgIpc) is 1.87. The second kappa shape index (κ2) is 9.70. The summed E-state index contributed by atoms with van der Waals surface area (Å²) >= 11 is 0. The first-order valence-corrected chi connectivity index (χ1v) is 3.67. The maximum atomic E-state index is 9.95. The van der Waals surface area contributed by atoms with Gasteiger partial charge in [-0.1, -0.05) is 25.8 Å². The van der Waals surface area contributed by atoms with Crippen molar-refractivity contribution < 1.29 is 26.4 Å². The topological polar surface area (TPSA) is 37.3 Å². The Morgan fingerprint density at radius 1 is 1.45 bits per heavy atom. The van der Waals surface area contributed by atoms with Crippen LogP contribution in [0.1, 0.15) is 32.6 Å². The van der Waals surface area contributed by atoms with E-state index in [-0.39, 0.29) is 16.5 Å². The van der Waals surface area contributed by atoms with Crippen LogP contribution in [0.2, 0.25) is 0 Å². The van der Waals surface area contributed by atoms with Gasteiger partial charge in [0, 0.05) is 22.6 Å². The molecule has 0 aliphatic carbocycles. The summed E-state index contributed by atoms with van der Waals surface area (Å²) in [5, 5.41) is 8.18. The molecule has 0 unspecified atom stereocenters. The molecule has 11 heavy (non-hydrogen) atoms. The molecule has 0 aliphatic rings. The van der Waals surface area contributed by atoms with Gasteiger partial charge in [-0.25, -0.2) is 4.79 Å². The summed E-state index contributed by atoms with van der Waals surface area (Å²) in [6.07, 6.45) is 7.26. The maximum Gasteiger partial charge on any atom is 0.327 e. The molecule has 0 bridgehead atoms. The average molecular weight is 201 g/mol. The summed E-state index contributed by atoms with van der Waals surface area (Å²) in [4.78, 5) is 9.95.